The Morgan fingerprint density at radius 3 is 1.65 bits per heavy atom. The SMILES string of the molecule is C=COCCCCO[SiH](C=CC)OCCCCOC=C. The van der Waals surface area contributed by atoms with E-state index in [0.717, 1.165) is 38.9 Å². The fraction of sp³-hybridized carbons (Fsp3) is 0.600. The molecule has 0 radical (unpaired) electrons. The van der Waals surface area contributed by atoms with Crippen molar-refractivity contribution in [1.29, 1.82) is 0 Å². The Hall–Kier alpha value is -1.04. The van der Waals surface area contributed by atoms with Gasteiger partial charge in [-0.1, -0.05) is 19.2 Å². The van der Waals surface area contributed by atoms with Crippen molar-refractivity contribution in [1.82, 2.24) is 0 Å². The molecule has 0 aromatic rings. The number of hydrogen-bond donors (Lipinski definition) is 0. The van der Waals surface area contributed by atoms with Crippen LogP contribution in [0.25, 0.3) is 0 Å². The third kappa shape index (κ3) is 13.4. The average Bonchev–Trinajstić information content (AvgIpc) is 2.46. The van der Waals surface area contributed by atoms with Gasteiger partial charge >= 0.3 is 9.28 Å². The molecule has 0 unspecified atom stereocenters. The van der Waals surface area contributed by atoms with Crippen molar-refractivity contribution in [2.75, 3.05) is 26.4 Å². The molecule has 0 spiro atoms. The summed E-state index contributed by atoms with van der Waals surface area (Å²) in [6.45, 7) is 11.8. The molecule has 116 valence electrons. The molecule has 0 saturated carbocycles. The zero-order valence-corrected chi connectivity index (χ0v) is 13.7. The molecule has 0 aliphatic carbocycles. The summed E-state index contributed by atoms with van der Waals surface area (Å²) in [6.07, 6.45) is 8.84. The molecule has 0 aliphatic heterocycles. The van der Waals surface area contributed by atoms with Crippen LogP contribution in [0.1, 0.15) is 32.6 Å². The van der Waals surface area contributed by atoms with E-state index in [-0.39, 0.29) is 0 Å². The van der Waals surface area contributed by atoms with Gasteiger partial charge in [0.1, 0.15) is 0 Å². The minimum absolute atomic E-state index is 0.701. The lowest BCUT2D eigenvalue weighted by molar-refractivity contribution is 0.180. The first kappa shape index (κ1) is 19.0. The number of allylic oxidation sites excluding steroid dienone is 1. The van der Waals surface area contributed by atoms with Crippen LogP contribution in [0.5, 0.6) is 0 Å². The van der Waals surface area contributed by atoms with Crippen LogP contribution in [0, 0.1) is 0 Å². The van der Waals surface area contributed by atoms with E-state index in [0.29, 0.717) is 13.2 Å². The van der Waals surface area contributed by atoms with E-state index in [2.05, 4.69) is 18.9 Å². The fourth-order valence-electron chi connectivity index (χ4n) is 1.46. The lowest BCUT2D eigenvalue weighted by atomic mass is 10.3. The van der Waals surface area contributed by atoms with E-state index < -0.39 is 9.28 Å². The van der Waals surface area contributed by atoms with Crippen molar-refractivity contribution in [3.63, 3.8) is 0 Å². The van der Waals surface area contributed by atoms with E-state index >= 15 is 0 Å². The monoisotopic (exact) mass is 300 g/mol. The lowest BCUT2D eigenvalue weighted by Crippen LogP contribution is -2.22. The maximum atomic E-state index is 5.79. The third-order valence-electron chi connectivity index (χ3n) is 2.46. The second-order valence-electron chi connectivity index (χ2n) is 4.12. The van der Waals surface area contributed by atoms with Crippen molar-refractivity contribution >= 4 is 9.28 Å². The Kier molecular flexibility index (Phi) is 15.2. The molecule has 0 saturated heterocycles. The highest BCUT2D eigenvalue weighted by atomic mass is 28.3. The highest BCUT2D eigenvalue weighted by molar-refractivity contribution is 6.50. The summed E-state index contributed by atoms with van der Waals surface area (Å²) in [5, 5.41) is 0. The standard InChI is InChI=1S/C15H28O4Si/c1-4-15-20(18-13-9-7-11-16-5-2)19-14-10-8-12-17-6-3/h4-6,15,20H,2-3,7-14H2,1H3. The number of unbranched alkanes of at least 4 members (excludes halogenated alkanes) is 2. The maximum Gasteiger partial charge on any atom is 0.348 e. The minimum Gasteiger partial charge on any atom is -0.502 e. The van der Waals surface area contributed by atoms with Gasteiger partial charge in [0.25, 0.3) is 0 Å². The Bertz CT molecular complexity index is 236. The van der Waals surface area contributed by atoms with Gasteiger partial charge in [0.2, 0.25) is 0 Å². The molecule has 0 aromatic carbocycles. The molecule has 0 bridgehead atoms. The number of rotatable bonds is 15. The van der Waals surface area contributed by atoms with Crippen LogP contribution in [0.2, 0.25) is 0 Å². The summed E-state index contributed by atoms with van der Waals surface area (Å²) in [5.74, 6) is 0. The number of ether oxygens (including phenoxy) is 2. The van der Waals surface area contributed by atoms with Crippen LogP contribution < -0.4 is 0 Å². The van der Waals surface area contributed by atoms with Crippen LogP contribution in [0.15, 0.2) is 37.5 Å². The van der Waals surface area contributed by atoms with Crippen molar-refractivity contribution < 1.29 is 18.3 Å². The second kappa shape index (κ2) is 16.0. The summed E-state index contributed by atoms with van der Waals surface area (Å²) in [5.41, 5.74) is 2.06. The first-order valence-corrected chi connectivity index (χ1v) is 8.77. The third-order valence-corrected chi connectivity index (χ3v) is 4.29. The van der Waals surface area contributed by atoms with Gasteiger partial charge in [-0.25, -0.2) is 0 Å². The van der Waals surface area contributed by atoms with E-state index in [1.165, 1.54) is 12.5 Å². The van der Waals surface area contributed by atoms with Crippen molar-refractivity contribution in [2.45, 2.75) is 32.6 Å². The molecular weight excluding hydrogens is 272 g/mol. The lowest BCUT2D eigenvalue weighted by Gasteiger charge is -2.13. The molecule has 4 nitrogen and oxygen atoms in total. The topological polar surface area (TPSA) is 36.9 Å². The predicted molar refractivity (Wildman–Crippen MR) is 84.6 cm³/mol. The second-order valence-corrected chi connectivity index (χ2v) is 5.91. The predicted octanol–water partition coefficient (Wildman–Crippen LogP) is 3.24. The Morgan fingerprint density at radius 2 is 1.25 bits per heavy atom. The highest BCUT2D eigenvalue weighted by Crippen LogP contribution is 2.00. The van der Waals surface area contributed by atoms with Gasteiger partial charge in [-0.05, 0) is 38.3 Å². The average molecular weight is 300 g/mol. The Morgan fingerprint density at radius 1 is 0.800 bits per heavy atom. The zero-order valence-electron chi connectivity index (χ0n) is 12.6. The fourth-order valence-corrected chi connectivity index (χ4v) is 2.89. The summed E-state index contributed by atoms with van der Waals surface area (Å²) in [7, 11) is -1.65. The van der Waals surface area contributed by atoms with Crippen molar-refractivity contribution in [2.24, 2.45) is 0 Å². The molecule has 20 heavy (non-hydrogen) atoms. The van der Waals surface area contributed by atoms with E-state index in [1.807, 2.05) is 13.0 Å². The summed E-state index contributed by atoms with van der Waals surface area (Å²) in [6, 6.07) is 0. The molecule has 0 aromatic heterocycles. The quantitative estimate of drug-likeness (QED) is 0.264. The normalized spacial score (nSPS) is 10.9. The number of hydrogen-bond acceptors (Lipinski definition) is 4. The maximum absolute atomic E-state index is 5.79. The van der Waals surface area contributed by atoms with Crippen molar-refractivity contribution in [3.8, 4) is 0 Å². The first-order valence-electron chi connectivity index (χ1n) is 7.16. The molecular formula is C15H28O4Si. The minimum atomic E-state index is -1.65. The van der Waals surface area contributed by atoms with Crippen LogP contribution in [0.4, 0.5) is 0 Å². The van der Waals surface area contributed by atoms with Gasteiger partial charge in [-0.15, -0.1) is 0 Å². The van der Waals surface area contributed by atoms with E-state index in [9.17, 15) is 0 Å². The van der Waals surface area contributed by atoms with E-state index in [4.69, 9.17) is 18.3 Å². The largest absolute Gasteiger partial charge is 0.502 e. The summed E-state index contributed by atoms with van der Waals surface area (Å²) in [4.78, 5) is 0. The van der Waals surface area contributed by atoms with Crippen LogP contribution in [-0.2, 0) is 18.3 Å². The Labute approximate surface area is 124 Å². The van der Waals surface area contributed by atoms with Gasteiger partial charge in [-0.2, -0.15) is 0 Å². The van der Waals surface area contributed by atoms with Gasteiger partial charge < -0.3 is 18.3 Å². The van der Waals surface area contributed by atoms with Gasteiger partial charge in [-0.3, -0.25) is 0 Å². The molecule has 0 rings (SSSR count). The molecule has 0 aliphatic rings. The summed E-state index contributed by atoms with van der Waals surface area (Å²) >= 11 is 0. The highest BCUT2D eigenvalue weighted by Gasteiger charge is 2.08. The smallest absolute Gasteiger partial charge is 0.348 e. The first-order chi connectivity index (χ1) is 9.85. The van der Waals surface area contributed by atoms with Crippen LogP contribution in [0.3, 0.4) is 0 Å². The van der Waals surface area contributed by atoms with Crippen LogP contribution in [-0.4, -0.2) is 35.7 Å². The molecule has 0 N–H and O–H groups in total. The van der Waals surface area contributed by atoms with E-state index in [1.54, 1.807) is 0 Å². The molecule has 0 amide bonds. The van der Waals surface area contributed by atoms with Gasteiger partial charge in [0.15, 0.2) is 0 Å². The van der Waals surface area contributed by atoms with Gasteiger partial charge in [0.05, 0.1) is 25.7 Å². The Balaban J connectivity index is 3.55. The van der Waals surface area contributed by atoms with Gasteiger partial charge in [0, 0.05) is 13.2 Å². The van der Waals surface area contributed by atoms with Crippen LogP contribution >= 0.6 is 0 Å². The molecule has 0 heterocycles. The molecule has 0 fully saturated rings. The zero-order chi connectivity index (χ0) is 14.9. The summed E-state index contributed by atoms with van der Waals surface area (Å²) < 4.78 is 21.7. The molecule has 0 atom stereocenters. The van der Waals surface area contributed by atoms with Crippen molar-refractivity contribution in [3.05, 3.63) is 37.5 Å². The molecule has 5 heteroatoms.